The summed E-state index contributed by atoms with van der Waals surface area (Å²) in [6, 6.07) is 17.0. The lowest BCUT2D eigenvalue weighted by Crippen LogP contribution is -2.31. The van der Waals surface area contributed by atoms with E-state index < -0.39 is 0 Å². The molecule has 2 heterocycles. The number of thioether (sulfide) groups is 1. The number of hydrogen-bond donors (Lipinski definition) is 0. The van der Waals surface area contributed by atoms with Gasteiger partial charge in [0.25, 0.3) is 11.8 Å². The van der Waals surface area contributed by atoms with E-state index in [2.05, 4.69) is 11.1 Å². The van der Waals surface area contributed by atoms with E-state index >= 15 is 0 Å². The summed E-state index contributed by atoms with van der Waals surface area (Å²) in [6.07, 6.45) is 4.28. The van der Waals surface area contributed by atoms with Crippen molar-refractivity contribution >= 4 is 46.6 Å². The molecule has 5 nitrogen and oxygen atoms in total. The first-order valence-corrected chi connectivity index (χ1v) is 11.4. The van der Waals surface area contributed by atoms with Crippen LogP contribution >= 0.6 is 23.1 Å². The molecule has 1 aliphatic rings. The Labute approximate surface area is 182 Å². The molecule has 2 aromatic carbocycles. The van der Waals surface area contributed by atoms with Crippen molar-refractivity contribution in [1.82, 2.24) is 9.88 Å². The quantitative estimate of drug-likeness (QED) is 0.319. The van der Waals surface area contributed by atoms with E-state index in [9.17, 15) is 14.9 Å². The number of rotatable bonds is 6. The van der Waals surface area contributed by atoms with Gasteiger partial charge in [-0.25, -0.2) is 4.98 Å². The molecule has 0 N–H and O–H groups in total. The third-order valence-electron chi connectivity index (χ3n) is 4.80. The first-order valence-electron chi connectivity index (χ1n) is 9.26. The van der Waals surface area contributed by atoms with E-state index in [0.717, 1.165) is 16.2 Å². The van der Waals surface area contributed by atoms with Crippen LogP contribution in [-0.4, -0.2) is 34.5 Å². The van der Waals surface area contributed by atoms with Crippen molar-refractivity contribution in [2.45, 2.75) is 11.3 Å². The van der Waals surface area contributed by atoms with Crippen molar-refractivity contribution in [3.8, 4) is 6.07 Å². The zero-order valence-electron chi connectivity index (χ0n) is 16.2. The minimum atomic E-state index is -0.266. The number of nitrogens with zero attached hydrogens (tertiary/aromatic N) is 3. The van der Waals surface area contributed by atoms with Gasteiger partial charge in [0.15, 0.2) is 0 Å². The van der Waals surface area contributed by atoms with Crippen molar-refractivity contribution in [3.05, 3.63) is 81.3 Å². The van der Waals surface area contributed by atoms with Gasteiger partial charge in [-0.2, -0.15) is 5.26 Å². The van der Waals surface area contributed by atoms with Gasteiger partial charge in [-0.1, -0.05) is 24.3 Å². The molecular formula is C23H17N3O2S2. The van der Waals surface area contributed by atoms with E-state index in [-0.39, 0.29) is 18.4 Å². The molecule has 4 rings (SSSR count). The normalized spacial score (nSPS) is 13.5. The van der Waals surface area contributed by atoms with Crippen molar-refractivity contribution < 1.29 is 9.59 Å². The summed E-state index contributed by atoms with van der Waals surface area (Å²) in [5, 5.41) is 12.1. The highest BCUT2D eigenvalue weighted by Crippen LogP contribution is 2.25. The van der Waals surface area contributed by atoms with Gasteiger partial charge in [0, 0.05) is 23.2 Å². The maximum atomic E-state index is 12.5. The number of imide groups is 1. The molecule has 7 heteroatoms. The summed E-state index contributed by atoms with van der Waals surface area (Å²) in [5.74, 6) is -0.533. The Kier molecular flexibility index (Phi) is 5.79. The fourth-order valence-electron chi connectivity index (χ4n) is 3.22. The molecule has 0 atom stereocenters. The van der Waals surface area contributed by atoms with Gasteiger partial charge >= 0.3 is 0 Å². The molecule has 0 aliphatic carbocycles. The average molecular weight is 432 g/mol. The van der Waals surface area contributed by atoms with Crippen molar-refractivity contribution in [2.24, 2.45) is 0 Å². The largest absolute Gasteiger partial charge is 0.274 e. The van der Waals surface area contributed by atoms with E-state index in [4.69, 9.17) is 0 Å². The molecule has 0 unspecified atom stereocenters. The smallest absolute Gasteiger partial charge is 0.261 e. The first-order chi connectivity index (χ1) is 14.6. The summed E-state index contributed by atoms with van der Waals surface area (Å²) >= 11 is 3.05. The Balaban J connectivity index is 1.46. The Morgan fingerprint density at radius 2 is 1.80 bits per heavy atom. The van der Waals surface area contributed by atoms with Gasteiger partial charge in [0.1, 0.15) is 11.1 Å². The zero-order chi connectivity index (χ0) is 21.1. The molecule has 148 valence electrons. The lowest BCUT2D eigenvalue weighted by atomic mass is 10.1. The number of allylic oxidation sites excluding steroid dienone is 1. The van der Waals surface area contributed by atoms with Crippen LogP contribution in [0.4, 0.5) is 0 Å². The molecule has 0 fully saturated rings. The SMILES string of the molecule is CSc1ccc(/C=C(/C#N)c2nc(CCN3C(=O)c4ccccc4C3=O)cs2)cc1. The van der Waals surface area contributed by atoms with Gasteiger partial charge in [0.2, 0.25) is 0 Å². The molecular weight excluding hydrogens is 414 g/mol. The molecule has 0 radical (unpaired) electrons. The highest BCUT2D eigenvalue weighted by molar-refractivity contribution is 7.98. The first kappa shape index (κ1) is 20.1. The molecule has 0 saturated heterocycles. The Morgan fingerprint density at radius 3 is 2.40 bits per heavy atom. The predicted molar refractivity (Wildman–Crippen MR) is 119 cm³/mol. The van der Waals surface area contributed by atoms with Gasteiger partial charge in [0.05, 0.1) is 22.4 Å². The molecule has 0 bridgehead atoms. The number of thiazole rings is 1. The predicted octanol–water partition coefficient (Wildman–Crippen LogP) is 4.77. The van der Waals surface area contributed by atoms with E-state index in [1.54, 1.807) is 36.0 Å². The van der Waals surface area contributed by atoms with Crippen LogP contribution in [0.1, 0.15) is 37.0 Å². The number of nitriles is 1. The monoisotopic (exact) mass is 431 g/mol. The number of carbonyl (C=O) groups is 2. The Bertz CT molecular complexity index is 1150. The van der Waals surface area contributed by atoms with Crippen LogP contribution in [0.25, 0.3) is 11.6 Å². The lowest BCUT2D eigenvalue weighted by Gasteiger charge is -2.12. The van der Waals surface area contributed by atoms with Crippen LogP contribution in [0.15, 0.2) is 58.8 Å². The van der Waals surface area contributed by atoms with E-state index in [1.165, 1.54) is 16.2 Å². The molecule has 30 heavy (non-hydrogen) atoms. The standard InChI is InChI=1S/C23H17N3O2S2/c1-29-18-8-6-15(7-9-18)12-16(13-24)21-25-17(14-30-21)10-11-26-22(27)19-4-2-3-5-20(19)23(26)28/h2-9,12,14H,10-11H2,1H3/b16-12-. The maximum absolute atomic E-state index is 12.5. The fourth-order valence-corrected chi connectivity index (χ4v) is 4.45. The summed E-state index contributed by atoms with van der Waals surface area (Å²) in [5.41, 5.74) is 3.08. The van der Waals surface area contributed by atoms with E-state index in [1.807, 2.05) is 42.0 Å². The van der Waals surface area contributed by atoms with Crippen LogP contribution < -0.4 is 0 Å². The van der Waals surface area contributed by atoms with Crippen molar-refractivity contribution in [3.63, 3.8) is 0 Å². The molecule has 0 spiro atoms. The zero-order valence-corrected chi connectivity index (χ0v) is 17.8. The van der Waals surface area contributed by atoms with Gasteiger partial charge in [-0.15, -0.1) is 23.1 Å². The van der Waals surface area contributed by atoms with Crippen LogP contribution in [0.3, 0.4) is 0 Å². The third kappa shape index (κ3) is 3.92. The topological polar surface area (TPSA) is 74.1 Å². The number of benzene rings is 2. The number of hydrogen-bond acceptors (Lipinski definition) is 6. The second kappa shape index (κ2) is 8.66. The molecule has 3 aromatic rings. The second-order valence-electron chi connectivity index (χ2n) is 6.64. The summed E-state index contributed by atoms with van der Waals surface area (Å²) in [4.78, 5) is 31.9. The van der Waals surface area contributed by atoms with E-state index in [0.29, 0.717) is 28.1 Å². The van der Waals surface area contributed by atoms with Gasteiger partial charge in [-0.05, 0) is 42.2 Å². The van der Waals surface area contributed by atoms with Crippen LogP contribution in [0, 0.1) is 11.3 Å². The van der Waals surface area contributed by atoms with Gasteiger partial charge < -0.3 is 0 Å². The fraction of sp³-hybridized carbons (Fsp3) is 0.130. The number of aromatic nitrogens is 1. The maximum Gasteiger partial charge on any atom is 0.261 e. The molecule has 1 aromatic heterocycles. The Hall–Kier alpha value is -3.21. The highest BCUT2D eigenvalue weighted by Gasteiger charge is 2.34. The highest BCUT2D eigenvalue weighted by atomic mass is 32.2. The van der Waals surface area contributed by atoms with Gasteiger partial charge in [-0.3, -0.25) is 14.5 Å². The summed E-state index contributed by atoms with van der Waals surface area (Å²) < 4.78 is 0. The van der Waals surface area contributed by atoms with Crippen molar-refractivity contribution in [2.75, 3.05) is 12.8 Å². The van der Waals surface area contributed by atoms with Crippen LogP contribution in [0.5, 0.6) is 0 Å². The summed E-state index contributed by atoms with van der Waals surface area (Å²) in [7, 11) is 0. The Morgan fingerprint density at radius 1 is 1.13 bits per heavy atom. The summed E-state index contributed by atoms with van der Waals surface area (Å²) in [6.45, 7) is 0.261. The molecule has 0 saturated carbocycles. The minimum absolute atomic E-state index is 0.261. The van der Waals surface area contributed by atoms with Crippen LogP contribution in [-0.2, 0) is 6.42 Å². The molecule has 1 aliphatic heterocycles. The third-order valence-corrected chi connectivity index (χ3v) is 6.47. The molecule has 2 amide bonds. The number of amides is 2. The van der Waals surface area contributed by atoms with Crippen LogP contribution in [0.2, 0.25) is 0 Å². The average Bonchev–Trinajstić information content (AvgIpc) is 3.35. The minimum Gasteiger partial charge on any atom is -0.274 e. The lowest BCUT2D eigenvalue weighted by molar-refractivity contribution is 0.0656. The number of fused-ring (bicyclic) bond motifs is 1. The number of carbonyl (C=O) groups excluding carboxylic acids is 2. The van der Waals surface area contributed by atoms with Crippen molar-refractivity contribution in [1.29, 1.82) is 5.26 Å². The second-order valence-corrected chi connectivity index (χ2v) is 8.38.